The lowest BCUT2D eigenvalue weighted by molar-refractivity contribution is 0.150. The highest BCUT2D eigenvalue weighted by molar-refractivity contribution is 5.70. The number of carbonyl (C=O) groups is 1. The molecule has 0 atom stereocenters. The highest BCUT2D eigenvalue weighted by atomic mass is 16.2. The lowest BCUT2D eigenvalue weighted by atomic mass is 9.94. The Hall–Kier alpha value is -1.62. The van der Waals surface area contributed by atoms with Gasteiger partial charge >= 0.3 is 6.03 Å². The fourth-order valence-corrected chi connectivity index (χ4v) is 2.06. The molecule has 1 aromatic rings. The number of piperidine rings is 1. The maximum atomic E-state index is 10.7. The van der Waals surface area contributed by atoms with E-state index in [9.17, 15) is 4.79 Å². The topological polar surface area (TPSA) is 71.2 Å². The molecule has 1 aromatic heterocycles. The minimum atomic E-state index is -0.490. The van der Waals surface area contributed by atoms with Crippen LogP contribution in [0, 0.1) is 0 Å². The number of nitrogens with zero attached hydrogens (tertiary/aromatic N) is 2. The number of hydrazine groups is 1. The first-order chi connectivity index (χ1) is 7.75. The molecule has 0 spiro atoms. The van der Waals surface area contributed by atoms with Gasteiger partial charge in [-0.25, -0.2) is 9.80 Å². The van der Waals surface area contributed by atoms with Crippen LogP contribution in [0.4, 0.5) is 4.79 Å². The zero-order valence-electron chi connectivity index (χ0n) is 9.10. The number of rotatable bonds is 2. The molecule has 5 nitrogen and oxygen atoms in total. The van der Waals surface area contributed by atoms with Crippen molar-refractivity contribution in [3.63, 3.8) is 0 Å². The summed E-state index contributed by atoms with van der Waals surface area (Å²) in [5.41, 5.74) is 8.81. The Balaban J connectivity index is 1.88. The number of primary amides is 1. The van der Waals surface area contributed by atoms with Gasteiger partial charge < -0.3 is 5.73 Å². The van der Waals surface area contributed by atoms with Gasteiger partial charge in [-0.3, -0.25) is 10.4 Å². The van der Waals surface area contributed by atoms with Crippen LogP contribution in [0.5, 0.6) is 0 Å². The maximum Gasteiger partial charge on any atom is 0.326 e. The van der Waals surface area contributed by atoms with Crippen molar-refractivity contribution in [3.8, 4) is 0 Å². The van der Waals surface area contributed by atoms with Crippen LogP contribution in [-0.2, 0) is 0 Å². The Labute approximate surface area is 94.6 Å². The summed E-state index contributed by atoms with van der Waals surface area (Å²) in [7, 11) is 0. The maximum absolute atomic E-state index is 10.7. The Bertz CT molecular complexity index is 346. The first kappa shape index (κ1) is 10.9. The third-order valence-electron chi connectivity index (χ3n) is 2.87. The summed E-state index contributed by atoms with van der Waals surface area (Å²) >= 11 is 0. The van der Waals surface area contributed by atoms with E-state index in [1.165, 1.54) is 0 Å². The summed E-state index contributed by atoms with van der Waals surface area (Å²) in [4.78, 5) is 15.0. The average molecular weight is 220 g/mol. The quantitative estimate of drug-likeness (QED) is 0.776. The number of aromatic nitrogens is 1. The Kier molecular flexibility index (Phi) is 3.36. The molecule has 5 heteroatoms. The molecule has 86 valence electrons. The van der Waals surface area contributed by atoms with Crippen LogP contribution >= 0.6 is 0 Å². The van der Waals surface area contributed by atoms with Crippen molar-refractivity contribution in [2.24, 2.45) is 5.73 Å². The largest absolute Gasteiger partial charge is 0.351 e. The third kappa shape index (κ3) is 2.70. The van der Waals surface area contributed by atoms with E-state index in [1.54, 1.807) is 0 Å². The Morgan fingerprint density at radius 1 is 1.44 bits per heavy atom. The third-order valence-corrected chi connectivity index (χ3v) is 2.87. The van der Waals surface area contributed by atoms with Crippen LogP contribution in [0.15, 0.2) is 24.4 Å². The second-order valence-electron chi connectivity index (χ2n) is 3.99. The SMILES string of the molecule is NC(=O)NN1CCC(c2ccccn2)CC1. The van der Waals surface area contributed by atoms with Crippen LogP contribution in [0.1, 0.15) is 24.5 Å². The van der Waals surface area contributed by atoms with Gasteiger partial charge in [-0.05, 0) is 25.0 Å². The molecule has 1 saturated heterocycles. The molecular formula is C11H16N4O. The number of carbonyl (C=O) groups excluding carboxylic acids is 1. The van der Waals surface area contributed by atoms with E-state index in [4.69, 9.17) is 5.73 Å². The summed E-state index contributed by atoms with van der Waals surface area (Å²) in [6.07, 6.45) is 3.82. The molecule has 0 aliphatic carbocycles. The van der Waals surface area contributed by atoms with Gasteiger partial charge in [0.25, 0.3) is 0 Å². The molecule has 3 N–H and O–H groups in total. The number of amides is 2. The minimum Gasteiger partial charge on any atom is -0.351 e. The smallest absolute Gasteiger partial charge is 0.326 e. The number of nitrogens with two attached hydrogens (primary N) is 1. The van der Waals surface area contributed by atoms with E-state index >= 15 is 0 Å². The highest BCUT2D eigenvalue weighted by Gasteiger charge is 2.21. The van der Waals surface area contributed by atoms with Crippen LogP contribution in [0.3, 0.4) is 0 Å². The van der Waals surface area contributed by atoms with Gasteiger partial charge in [-0.2, -0.15) is 0 Å². The van der Waals surface area contributed by atoms with Gasteiger partial charge in [-0.1, -0.05) is 6.07 Å². The highest BCUT2D eigenvalue weighted by Crippen LogP contribution is 2.25. The summed E-state index contributed by atoms with van der Waals surface area (Å²) in [5, 5.41) is 1.86. The standard InChI is InChI=1S/C11H16N4O/c12-11(16)14-15-7-4-9(5-8-15)10-3-1-2-6-13-10/h1-3,6,9H,4-5,7-8H2,(H3,12,14,16). The zero-order valence-corrected chi connectivity index (χ0v) is 9.10. The van der Waals surface area contributed by atoms with Crippen molar-refractivity contribution in [3.05, 3.63) is 30.1 Å². The van der Waals surface area contributed by atoms with Crippen LogP contribution in [-0.4, -0.2) is 29.1 Å². The predicted octanol–water partition coefficient (Wildman–Crippen LogP) is 0.844. The fraction of sp³-hybridized carbons (Fsp3) is 0.455. The molecule has 0 unspecified atom stereocenters. The molecule has 0 saturated carbocycles. The van der Waals surface area contributed by atoms with E-state index in [0.717, 1.165) is 31.6 Å². The summed E-state index contributed by atoms with van der Waals surface area (Å²) in [6.45, 7) is 1.65. The van der Waals surface area contributed by atoms with Crippen molar-refractivity contribution < 1.29 is 4.79 Å². The molecule has 0 bridgehead atoms. The molecule has 1 fully saturated rings. The average Bonchev–Trinajstić information content (AvgIpc) is 2.30. The zero-order chi connectivity index (χ0) is 11.4. The first-order valence-electron chi connectivity index (χ1n) is 5.47. The van der Waals surface area contributed by atoms with Gasteiger partial charge in [0.1, 0.15) is 0 Å². The lowest BCUT2D eigenvalue weighted by Gasteiger charge is -2.31. The molecule has 0 aromatic carbocycles. The van der Waals surface area contributed by atoms with Crippen molar-refractivity contribution in [1.29, 1.82) is 0 Å². The summed E-state index contributed by atoms with van der Waals surface area (Å²) < 4.78 is 0. The van der Waals surface area contributed by atoms with Crippen molar-refractivity contribution in [2.75, 3.05) is 13.1 Å². The second kappa shape index (κ2) is 4.94. The van der Waals surface area contributed by atoms with Gasteiger partial charge in [0.2, 0.25) is 0 Å². The van der Waals surface area contributed by atoms with Crippen molar-refractivity contribution in [2.45, 2.75) is 18.8 Å². The van der Waals surface area contributed by atoms with Gasteiger partial charge in [0.15, 0.2) is 0 Å². The van der Waals surface area contributed by atoms with Crippen molar-refractivity contribution >= 4 is 6.03 Å². The Morgan fingerprint density at radius 2 is 2.19 bits per heavy atom. The van der Waals surface area contributed by atoms with E-state index in [-0.39, 0.29) is 0 Å². The molecule has 0 radical (unpaired) electrons. The molecular weight excluding hydrogens is 204 g/mol. The number of hydrogen-bond acceptors (Lipinski definition) is 3. The molecule has 16 heavy (non-hydrogen) atoms. The molecule has 1 aliphatic heterocycles. The van der Waals surface area contributed by atoms with Crippen LogP contribution in [0.2, 0.25) is 0 Å². The predicted molar refractivity (Wildman–Crippen MR) is 60.5 cm³/mol. The van der Waals surface area contributed by atoms with Crippen molar-refractivity contribution in [1.82, 2.24) is 15.4 Å². The van der Waals surface area contributed by atoms with E-state index in [1.807, 2.05) is 23.3 Å². The van der Waals surface area contributed by atoms with E-state index in [0.29, 0.717) is 5.92 Å². The fourth-order valence-electron chi connectivity index (χ4n) is 2.06. The van der Waals surface area contributed by atoms with Gasteiger partial charge in [0.05, 0.1) is 0 Å². The van der Waals surface area contributed by atoms with Gasteiger partial charge in [0, 0.05) is 30.9 Å². The second-order valence-corrected chi connectivity index (χ2v) is 3.99. The molecule has 2 rings (SSSR count). The van der Waals surface area contributed by atoms with E-state index in [2.05, 4.69) is 16.5 Å². The van der Waals surface area contributed by atoms with Crippen LogP contribution < -0.4 is 11.2 Å². The number of nitrogens with one attached hydrogen (secondary N) is 1. The first-order valence-corrected chi connectivity index (χ1v) is 5.47. The Morgan fingerprint density at radius 3 is 2.75 bits per heavy atom. The number of urea groups is 1. The lowest BCUT2D eigenvalue weighted by Crippen LogP contribution is -2.48. The normalized spacial score (nSPS) is 18.2. The molecule has 2 heterocycles. The molecule has 2 amide bonds. The monoisotopic (exact) mass is 220 g/mol. The van der Waals surface area contributed by atoms with E-state index < -0.39 is 6.03 Å². The minimum absolute atomic E-state index is 0.490. The summed E-state index contributed by atoms with van der Waals surface area (Å²) in [6, 6.07) is 5.50. The van der Waals surface area contributed by atoms with Crippen LogP contribution in [0.25, 0.3) is 0 Å². The number of hydrogen-bond donors (Lipinski definition) is 2. The summed E-state index contributed by atoms with van der Waals surface area (Å²) in [5.74, 6) is 0.493. The number of pyridine rings is 1. The molecule has 1 aliphatic rings. The van der Waals surface area contributed by atoms with Gasteiger partial charge in [-0.15, -0.1) is 0 Å².